The number of rotatable bonds is 9. The van der Waals surface area contributed by atoms with Gasteiger partial charge in [0, 0.05) is 5.02 Å². The van der Waals surface area contributed by atoms with Crippen LogP contribution in [0, 0.1) is 0 Å². The summed E-state index contributed by atoms with van der Waals surface area (Å²) in [7, 11) is -2.06. The number of hydrogen-bond acceptors (Lipinski definition) is 5. The molecular formula is C19H23ClN2O5S. The Hall–Kier alpha value is -2.45. The highest BCUT2D eigenvalue weighted by Gasteiger charge is 2.21. The first-order chi connectivity index (χ1) is 13.2. The van der Waals surface area contributed by atoms with Crippen molar-refractivity contribution in [1.82, 2.24) is 5.32 Å². The quantitative estimate of drug-likeness (QED) is 0.666. The van der Waals surface area contributed by atoms with Crippen LogP contribution in [0.15, 0.2) is 48.5 Å². The molecule has 2 rings (SSSR count). The van der Waals surface area contributed by atoms with E-state index in [0.717, 1.165) is 16.3 Å². The standard InChI is InChI=1S/C19H23ClN2O5S/c1-14(13-27-18-10-8-17(26-2)9-11-18)21-19(23)12-22(28(3,24)25)16-6-4-15(20)5-7-16/h4-11,14H,12-13H2,1-3H3,(H,21,23)/t14-/m1/s1. The smallest absolute Gasteiger partial charge is 0.241 e. The average Bonchev–Trinajstić information content (AvgIpc) is 2.65. The van der Waals surface area contributed by atoms with E-state index in [2.05, 4.69) is 5.32 Å². The molecule has 0 bridgehead atoms. The molecule has 1 amide bonds. The molecule has 0 radical (unpaired) electrons. The number of hydrogen-bond donors (Lipinski definition) is 1. The summed E-state index contributed by atoms with van der Waals surface area (Å²) in [6.07, 6.45) is 1.05. The highest BCUT2D eigenvalue weighted by molar-refractivity contribution is 7.92. The first-order valence-electron chi connectivity index (χ1n) is 8.48. The summed E-state index contributed by atoms with van der Waals surface area (Å²) in [6.45, 7) is 1.67. The normalized spacial score (nSPS) is 12.1. The molecule has 0 unspecified atom stereocenters. The highest BCUT2D eigenvalue weighted by atomic mass is 35.5. The van der Waals surface area contributed by atoms with E-state index >= 15 is 0 Å². The van der Waals surface area contributed by atoms with Crippen LogP contribution in [-0.2, 0) is 14.8 Å². The topological polar surface area (TPSA) is 84.9 Å². The molecule has 0 aliphatic rings. The number of carbonyl (C=O) groups is 1. The lowest BCUT2D eigenvalue weighted by molar-refractivity contribution is -0.120. The molecule has 0 heterocycles. The van der Waals surface area contributed by atoms with Crippen molar-refractivity contribution in [2.24, 2.45) is 0 Å². The van der Waals surface area contributed by atoms with Crippen LogP contribution in [-0.4, -0.2) is 46.9 Å². The molecule has 0 fully saturated rings. The molecule has 1 N–H and O–H groups in total. The Morgan fingerprint density at radius 1 is 1.11 bits per heavy atom. The van der Waals surface area contributed by atoms with Crippen LogP contribution in [0.5, 0.6) is 11.5 Å². The van der Waals surface area contributed by atoms with Crippen molar-refractivity contribution in [3.8, 4) is 11.5 Å². The second kappa shape index (κ2) is 9.66. The second-order valence-electron chi connectivity index (χ2n) is 6.20. The summed E-state index contributed by atoms with van der Waals surface area (Å²) in [5, 5.41) is 3.21. The van der Waals surface area contributed by atoms with Crippen LogP contribution in [0.3, 0.4) is 0 Å². The molecule has 0 aliphatic heterocycles. The van der Waals surface area contributed by atoms with Crippen molar-refractivity contribution in [3.05, 3.63) is 53.6 Å². The predicted molar refractivity (Wildman–Crippen MR) is 110 cm³/mol. The van der Waals surface area contributed by atoms with Gasteiger partial charge in [0.2, 0.25) is 15.9 Å². The van der Waals surface area contributed by atoms with Gasteiger partial charge in [-0.3, -0.25) is 9.10 Å². The zero-order valence-electron chi connectivity index (χ0n) is 15.9. The summed E-state index contributed by atoms with van der Waals surface area (Å²) >= 11 is 5.84. The predicted octanol–water partition coefficient (Wildman–Crippen LogP) is 2.70. The molecule has 28 heavy (non-hydrogen) atoms. The maximum Gasteiger partial charge on any atom is 0.241 e. The fourth-order valence-corrected chi connectivity index (χ4v) is 3.38. The number of halogens is 1. The lowest BCUT2D eigenvalue weighted by atomic mass is 10.3. The van der Waals surface area contributed by atoms with Crippen molar-refractivity contribution in [2.45, 2.75) is 13.0 Å². The van der Waals surface area contributed by atoms with Gasteiger partial charge in [-0.05, 0) is 55.5 Å². The third kappa shape index (κ3) is 6.61. The molecular weight excluding hydrogens is 404 g/mol. The molecule has 0 aliphatic carbocycles. The fourth-order valence-electron chi connectivity index (χ4n) is 2.39. The summed E-state index contributed by atoms with van der Waals surface area (Å²) in [4.78, 5) is 12.3. The van der Waals surface area contributed by atoms with Crippen molar-refractivity contribution < 1.29 is 22.7 Å². The Kier molecular flexibility index (Phi) is 7.53. The third-order valence-electron chi connectivity index (χ3n) is 3.77. The molecule has 1 atom stereocenters. The van der Waals surface area contributed by atoms with Gasteiger partial charge in [0.25, 0.3) is 0 Å². The van der Waals surface area contributed by atoms with E-state index in [-0.39, 0.29) is 19.2 Å². The molecule has 152 valence electrons. The molecule has 7 nitrogen and oxygen atoms in total. The summed E-state index contributed by atoms with van der Waals surface area (Å²) in [5.41, 5.74) is 0.365. The number of anilines is 1. The average molecular weight is 427 g/mol. The van der Waals surface area contributed by atoms with Gasteiger partial charge < -0.3 is 14.8 Å². The van der Waals surface area contributed by atoms with Crippen LogP contribution in [0.25, 0.3) is 0 Å². The van der Waals surface area contributed by atoms with Gasteiger partial charge in [0.1, 0.15) is 24.7 Å². The second-order valence-corrected chi connectivity index (χ2v) is 8.54. The number of ether oxygens (including phenoxy) is 2. The van der Waals surface area contributed by atoms with Gasteiger partial charge >= 0.3 is 0 Å². The van der Waals surface area contributed by atoms with Crippen LogP contribution < -0.4 is 19.1 Å². The zero-order chi connectivity index (χ0) is 20.7. The zero-order valence-corrected chi connectivity index (χ0v) is 17.5. The molecule has 2 aromatic rings. The molecule has 2 aromatic carbocycles. The summed E-state index contributed by atoms with van der Waals surface area (Å²) < 4.78 is 35.9. The fraction of sp³-hybridized carbons (Fsp3) is 0.316. The monoisotopic (exact) mass is 426 g/mol. The van der Waals surface area contributed by atoms with Crippen molar-refractivity contribution >= 4 is 33.2 Å². The van der Waals surface area contributed by atoms with E-state index in [0.29, 0.717) is 16.5 Å². The van der Waals surface area contributed by atoms with E-state index in [1.165, 1.54) is 0 Å². The number of methoxy groups -OCH3 is 1. The number of nitrogens with one attached hydrogen (secondary N) is 1. The van der Waals surface area contributed by atoms with Crippen LogP contribution in [0.1, 0.15) is 6.92 Å². The number of nitrogens with zero attached hydrogens (tertiary/aromatic N) is 1. The maximum absolute atomic E-state index is 12.3. The summed E-state index contributed by atoms with van der Waals surface area (Å²) in [6, 6.07) is 13.0. The first kappa shape index (κ1) is 21.8. The highest BCUT2D eigenvalue weighted by Crippen LogP contribution is 2.20. The molecule has 0 spiro atoms. The minimum Gasteiger partial charge on any atom is -0.497 e. The van der Waals surface area contributed by atoms with Crippen LogP contribution in [0.2, 0.25) is 5.02 Å². The minimum atomic E-state index is -3.64. The van der Waals surface area contributed by atoms with E-state index in [4.69, 9.17) is 21.1 Å². The van der Waals surface area contributed by atoms with E-state index in [9.17, 15) is 13.2 Å². The molecule has 9 heteroatoms. The molecule has 0 saturated heterocycles. The van der Waals surface area contributed by atoms with Gasteiger partial charge in [-0.2, -0.15) is 0 Å². The largest absolute Gasteiger partial charge is 0.497 e. The summed E-state index contributed by atoms with van der Waals surface area (Å²) in [5.74, 6) is 0.920. The van der Waals surface area contributed by atoms with Crippen LogP contribution >= 0.6 is 11.6 Å². The number of benzene rings is 2. The van der Waals surface area contributed by atoms with Gasteiger partial charge in [-0.25, -0.2) is 8.42 Å². The Balaban J connectivity index is 1.93. The van der Waals surface area contributed by atoms with Crippen molar-refractivity contribution in [1.29, 1.82) is 0 Å². The Morgan fingerprint density at radius 2 is 1.68 bits per heavy atom. The lowest BCUT2D eigenvalue weighted by Crippen LogP contribution is -2.44. The van der Waals surface area contributed by atoms with Gasteiger partial charge in [0.05, 0.1) is 25.1 Å². The SMILES string of the molecule is COc1ccc(OC[C@@H](C)NC(=O)CN(c2ccc(Cl)cc2)S(C)(=O)=O)cc1. The number of amides is 1. The number of sulfonamides is 1. The first-order valence-corrected chi connectivity index (χ1v) is 10.7. The Labute approximate surface area is 170 Å². The minimum absolute atomic E-state index is 0.234. The van der Waals surface area contributed by atoms with Crippen molar-refractivity contribution in [2.75, 3.05) is 30.8 Å². The number of carbonyl (C=O) groups excluding carboxylic acids is 1. The maximum atomic E-state index is 12.3. The Morgan fingerprint density at radius 3 is 2.21 bits per heavy atom. The van der Waals surface area contributed by atoms with E-state index in [1.54, 1.807) is 62.6 Å². The lowest BCUT2D eigenvalue weighted by Gasteiger charge is -2.23. The third-order valence-corrected chi connectivity index (χ3v) is 5.16. The van der Waals surface area contributed by atoms with Gasteiger partial charge in [0.15, 0.2) is 0 Å². The van der Waals surface area contributed by atoms with Crippen LogP contribution in [0.4, 0.5) is 5.69 Å². The van der Waals surface area contributed by atoms with Gasteiger partial charge in [-0.15, -0.1) is 0 Å². The van der Waals surface area contributed by atoms with E-state index in [1.807, 2.05) is 0 Å². The van der Waals surface area contributed by atoms with E-state index < -0.39 is 15.9 Å². The van der Waals surface area contributed by atoms with Gasteiger partial charge in [-0.1, -0.05) is 11.6 Å². The molecule has 0 aromatic heterocycles. The van der Waals surface area contributed by atoms with Crippen molar-refractivity contribution in [3.63, 3.8) is 0 Å². The Bertz CT molecular complexity index is 886. The molecule has 0 saturated carbocycles.